The summed E-state index contributed by atoms with van der Waals surface area (Å²) in [6.07, 6.45) is 0. The van der Waals surface area contributed by atoms with Crippen LogP contribution < -0.4 is 56.5 Å². The molecule has 3 aromatic carbocycles. The van der Waals surface area contributed by atoms with Crippen molar-refractivity contribution in [3.8, 4) is 0 Å². The van der Waals surface area contributed by atoms with Crippen LogP contribution in [0.2, 0.25) is 0 Å². The zero-order valence-electron chi connectivity index (χ0n) is 19.4. The summed E-state index contributed by atoms with van der Waals surface area (Å²) in [5.41, 5.74) is -1.31. The van der Waals surface area contributed by atoms with Gasteiger partial charge in [-0.1, -0.05) is 42.5 Å². The van der Waals surface area contributed by atoms with Crippen molar-refractivity contribution in [3.63, 3.8) is 0 Å². The quantitative estimate of drug-likeness (QED) is 0.214. The van der Waals surface area contributed by atoms with Gasteiger partial charge in [-0.05, 0) is 30.3 Å². The summed E-state index contributed by atoms with van der Waals surface area (Å²) in [7, 11) is 0. The summed E-state index contributed by atoms with van der Waals surface area (Å²) >= 11 is 0. The average molecular weight is 595 g/mol. The van der Waals surface area contributed by atoms with E-state index < -0.39 is 35.8 Å². The first-order chi connectivity index (χ1) is 16.9. The van der Waals surface area contributed by atoms with E-state index in [1.807, 2.05) is 0 Å². The van der Waals surface area contributed by atoms with Crippen molar-refractivity contribution in [2.45, 2.75) is 0 Å². The van der Waals surface area contributed by atoms with Gasteiger partial charge in [-0.25, -0.2) is 24.0 Å². The second kappa shape index (κ2) is 18.0. The zero-order chi connectivity index (χ0) is 27.4. The van der Waals surface area contributed by atoms with E-state index in [4.69, 9.17) is 25.5 Å². The van der Waals surface area contributed by atoms with E-state index >= 15 is 0 Å². The number of hydrogen-bond acceptors (Lipinski definition) is 7. The van der Waals surface area contributed by atoms with Crippen LogP contribution in [0.3, 0.4) is 0 Å². The Morgan fingerprint density at radius 3 is 0.711 bits per heavy atom. The molecular weight excluding hydrogens is 578 g/mol. The maximum atomic E-state index is 10.5. The average Bonchev–Trinajstić information content (AvgIpc) is 2.84. The van der Waals surface area contributed by atoms with Crippen LogP contribution in [0.25, 0.3) is 0 Å². The molecule has 0 heterocycles. The van der Waals surface area contributed by atoms with Gasteiger partial charge < -0.3 is 35.4 Å². The molecule has 1 radical (unpaired) electrons. The summed E-state index contributed by atoms with van der Waals surface area (Å²) in [4.78, 5) is 62.6. The van der Waals surface area contributed by atoms with Crippen LogP contribution in [0.5, 0.6) is 0 Å². The SMILES string of the molecule is O=C(O)c1ccccc1C(=O)O.O=C(O)c1ccccc1C(=O)O.O=C([O-])c1ccccc1C(=O)O.[Co].[K+]. The van der Waals surface area contributed by atoms with E-state index in [0.717, 1.165) is 0 Å². The van der Waals surface area contributed by atoms with Gasteiger partial charge in [0.1, 0.15) is 0 Å². The van der Waals surface area contributed by atoms with Gasteiger partial charge in [-0.15, -0.1) is 0 Å². The fourth-order valence-corrected chi connectivity index (χ4v) is 2.56. The standard InChI is InChI=1S/3C8H6O4.Co.K/c3*9-7(10)5-3-1-2-4-6(5)8(11)12;;/h3*1-4H,(H,9,10)(H,11,12);;/q;;;;+1/p-1. The number of carboxylic acid groups (broad SMARTS) is 6. The van der Waals surface area contributed by atoms with Crippen molar-refractivity contribution in [2.75, 3.05) is 0 Å². The molecular formula is C24H17CoKO12. The molecule has 3 aromatic rings. The second-order valence-corrected chi connectivity index (χ2v) is 6.45. The number of aromatic carboxylic acids is 6. The Labute approximate surface area is 267 Å². The zero-order valence-corrected chi connectivity index (χ0v) is 23.5. The normalized spacial score (nSPS) is 8.84. The summed E-state index contributed by atoms with van der Waals surface area (Å²) in [5.74, 6) is -7.66. The molecule has 38 heavy (non-hydrogen) atoms. The number of benzene rings is 3. The van der Waals surface area contributed by atoms with E-state index in [0.29, 0.717) is 0 Å². The molecule has 195 valence electrons. The molecule has 0 amide bonds. The molecule has 0 spiro atoms. The molecule has 0 aliphatic heterocycles. The smallest absolute Gasteiger partial charge is 0.545 e. The monoisotopic (exact) mass is 595 g/mol. The number of carbonyl (C=O) groups is 6. The minimum absolute atomic E-state index is 0. The molecule has 3 rings (SSSR count). The maximum absolute atomic E-state index is 10.5. The van der Waals surface area contributed by atoms with Crippen molar-refractivity contribution in [2.24, 2.45) is 0 Å². The molecule has 0 aromatic heterocycles. The Morgan fingerprint density at radius 2 is 0.579 bits per heavy atom. The summed E-state index contributed by atoms with van der Waals surface area (Å²) < 4.78 is 0. The fraction of sp³-hybridized carbons (Fsp3) is 0. The van der Waals surface area contributed by atoms with Gasteiger partial charge in [0.15, 0.2) is 0 Å². The van der Waals surface area contributed by atoms with Crippen LogP contribution in [0.15, 0.2) is 72.8 Å². The second-order valence-electron chi connectivity index (χ2n) is 6.45. The summed E-state index contributed by atoms with van der Waals surface area (Å²) in [5, 5.41) is 53.1. The molecule has 0 fully saturated rings. The third-order valence-electron chi connectivity index (χ3n) is 4.15. The molecule has 14 heteroatoms. The third-order valence-corrected chi connectivity index (χ3v) is 4.15. The van der Waals surface area contributed by atoms with Gasteiger partial charge in [0.05, 0.1) is 33.8 Å². The van der Waals surface area contributed by atoms with Crippen molar-refractivity contribution < 1.29 is 128 Å². The van der Waals surface area contributed by atoms with E-state index in [1.165, 1.54) is 72.8 Å². The topological polar surface area (TPSA) is 227 Å². The van der Waals surface area contributed by atoms with Gasteiger partial charge in [0.2, 0.25) is 0 Å². The molecule has 0 saturated heterocycles. The molecule has 5 N–H and O–H groups in total. The third kappa shape index (κ3) is 11.3. The Bertz CT molecular complexity index is 1060. The Hall–Kier alpha value is -3.38. The van der Waals surface area contributed by atoms with Crippen molar-refractivity contribution >= 4 is 35.8 Å². The van der Waals surface area contributed by atoms with Crippen molar-refractivity contribution in [1.82, 2.24) is 0 Å². The van der Waals surface area contributed by atoms with Crippen LogP contribution in [0.4, 0.5) is 0 Å². The predicted molar refractivity (Wildman–Crippen MR) is 118 cm³/mol. The molecule has 12 nitrogen and oxygen atoms in total. The van der Waals surface area contributed by atoms with Crippen LogP contribution in [-0.4, -0.2) is 61.3 Å². The van der Waals surface area contributed by atoms with E-state index in [1.54, 1.807) is 0 Å². The fourth-order valence-electron chi connectivity index (χ4n) is 2.56. The first-order valence-corrected chi connectivity index (χ1v) is 9.53. The van der Waals surface area contributed by atoms with E-state index in [9.17, 15) is 33.9 Å². The van der Waals surface area contributed by atoms with Crippen LogP contribution >= 0.6 is 0 Å². The van der Waals surface area contributed by atoms with E-state index in [-0.39, 0.29) is 102 Å². The van der Waals surface area contributed by atoms with Gasteiger partial charge in [0, 0.05) is 22.3 Å². The van der Waals surface area contributed by atoms with Crippen molar-refractivity contribution in [1.29, 1.82) is 0 Å². The van der Waals surface area contributed by atoms with Crippen LogP contribution in [0, 0.1) is 0 Å². The Kier molecular flexibility index (Phi) is 17.4. The molecule has 0 aliphatic carbocycles. The molecule has 0 bridgehead atoms. The Balaban J connectivity index is 0. The maximum Gasteiger partial charge on any atom is 1.00 e. The molecule has 0 aliphatic rings. The van der Waals surface area contributed by atoms with Gasteiger partial charge in [0.25, 0.3) is 0 Å². The first-order valence-electron chi connectivity index (χ1n) is 9.53. The summed E-state index contributed by atoms with van der Waals surface area (Å²) in [6, 6.07) is 16.3. The number of carbonyl (C=O) groups excluding carboxylic acids is 1. The van der Waals surface area contributed by atoms with Crippen LogP contribution in [0.1, 0.15) is 62.1 Å². The van der Waals surface area contributed by atoms with Gasteiger partial charge in [-0.2, -0.15) is 0 Å². The minimum Gasteiger partial charge on any atom is -0.545 e. The Morgan fingerprint density at radius 1 is 0.421 bits per heavy atom. The van der Waals surface area contributed by atoms with E-state index in [2.05, 4.69) is 0 Å². The molecule has 0 saturated carbocycles. The minimum atomic E-state index is -1.48. The molecule has 0 atom stereocenters. The first kappa shape index (κ1) is 36.8. The van der Waals surface area contributed by atoms with Crippen molar-refractivity contribution in [3.05, 3.63) is 106 Å². The van der Waals surface area contributed by atoms with Gasteiger partial charge in [-0.3, -0.25) is 0 Å². The summed E-state index contributed by atoms with van der Waals surface area (Å²) in [6.45, 7) is 0. The largest absolute Gasteiger partial charge is 1.00 e. The number of carboxylic acids is 6. The number of hydrogen-bond donors (Lipinski definition) is 5. The van der Waals surface area contributed by atoms with Gasteiger partial charge >= 0.3 is 81.2 Å². The van der Waals surface area contributed by atoms with Crippen LogP contribution in [-0.2, 0) is 16.8 Å². The molecule has 0 unspecified atom stereocenters. The predicted octanol–water partition coefficient (Wildman–Crippen LogP) is -1.08. The number of rotatable bonds is 6.